The number of nitrogens with zero attached hydrogens (tertiary/aromatic N) is 3. The Bertz CT molecular complexity index is 387. The zero-order valence-electron chi connectivity index (χ0n) is 13.4. The van der Waals surface area contributed by atoms with E-state index >= 15 is 0 Å². The molecule has 130 valence electrons. The lowest BCUT2D eigenvalue weighted by Gasteiger charge is -2.42. The summed E-state index contributed by atoms with van der Waals surface area (Å²) in [6.45, 7) is 6.83. The van der Waals surface area contributed by atoms with Crippen LogP contribution >= 0.6 is 0 Å². The van der Waals surface area contributed by atoms with Crippen molar-refractivity contribution < 1.29 is 22.0 Å². The van der Waals surface area contributed by atoms with Gasteiger partial charge in [0.2, 0.25) is 0 Å². The third-order valence-electron chi connectivity index (χ3n) is 3.59. The van der Waals surface area contributed by atoms with Gasteiger partial charge in [0.05, 0.1) is 0 Å². The van der Waals surface area contributed by atoms with Crippen LogP contribution in [0.1, 0.15) is 53.4 Å². The fraction of sp³-hybridized carbons (Fsp3) is 0.929. The molecule has 0 aromatic heterocycles. The summed E-state index contributed by atoms with van der Waals surface area (Å²) in [4.78, 5) is 0.986. The normalized spacial score (nSPS) is 20.1. The molecule has 0 radical (unpaired) electrons. The van der Waals surface area contributed by atoms with Crippen molar-refractivity contribution in [3.63, 3.8) is 0 Å². The van der Waals surface area contributed by atoms with Crippen LogP contribution in [0.2, 0.25) is 0 Å². The Morgan fingerprint density at radius 1 is 1.00 bits per heavy atom. The third kappa shape index (κ3) is 4.01. The lowest BCUT2D eigenvalue weighted by Crippen LogP contribution is -2.62. The Morgan fingerprint density at radius 3 is 2.05 bits per heavy atom. The third-order valence-corrected chi connectivity index (χ3v) is 3.59. The molecule has 3 nitrogen and oxygen atoms in total. The van der Waals surface area contributed by atoms with Gasteiger partial charge in [-0.1, -0.05) is 26.2 Å². The van der Waals surface area contributed by atoms with Crippen LogP contribution < -0.4 is 0 Å². The van der Waals surface area contributed by atoms with E-state index in [-0.39, 0.29) is 6.54 Å². The summed E-state index contributed by atoms with van der Waals surface area (Å²) >= 11 is 0. The van der Waals surface area contributed by atoms with Crippen molar-refractivity contribution >= 4 is 6.34 Å². The van der Waals surface area contributed by atoms with E-state index in [1.165, 1.54) is 0 Å². The number of halogens is 5. The van der Waals surface area contributed by atoms with Crippen molar-refractivity contribution in [1.82, 2.24) is 9.91 Å². The van der Waals surface area contributed by atoms with Gasteiger partial charge in [0, 0.05) is 12.1 Å². The highest BCUT2D eigenvalue weighted by molar-refractivity contribution is 5.58. The summed E-state index contributed by atoms with van der Waals surface area (Å²) in [5.74, 6) is -4.86. The number of hydrogen-bond donors (Lipinski definition) is 0. The summed E-state index contributed by atoms with van der Waals surface area (Å²) in [5, 5.41) is 4.67. The van der Waals surface area contributed by atoms with Gasteiger partial charge in [0.1, 0.15) is 6.34 Å². The zero-order chi connectivity index (χ0) is 17.2. The second-order valence-electron chi connectivity index (χ2n) is 6.53. The fourth-order valence-corrected chi connectivity index (χ4v) is 2.32. The molecule has 0 saturated carbocycles. The van der Waals surface area contributed by atoms with Gasteiger partial charge in [0.25, 0.3) is 0 Å². The minimum atomic E-state index is -5.61. The van der Waals surface area contributed by atoms with Gasteiger partial charge >= 0.3 is 12.1 Å². The number of rotatable bonds is 6. The lowest BCUT2D eigenvalue weighted by molar-refractivity contribution is -0.317. The molecule has 8 heteroatoms. The quantitative estimate of drug-likeness (QED) is 0.529. The van der Waals surface area contributed by atoms with Crippen LogP contribution in [0.4, 0.5) is 22.0 Å². The molecule has 0 aromatic rings. The standard InChI is InChI=1S/C14H24F5N3/c1-5-6-7-8-9-22-11(13(15,16)14(17,18)19)21(10-20-22)12(2,3)4/h10-11H,5-9H2,1-4H3. The van der Waals surface area contributed by atoms with Gasteiger partial charge in [0.15, 0.2) is 6.17 Å². The Kier molecular flexibility index (Phi) is 5.67. The first kappa shape index (κ1) is 19.0. The van der Waals surface area contributed by atoms with E-state index in [1.54, 1.807) is 20.8 Å². The monoisotopic (exact) mass is 329 g/mol. The Labute approximate surface area is 128 Å². The molecule has 0 fully saturated rings. The van der Waals surface area contributed by atoms with E-state index in [1.807, 2.05) is 6.92 Å². The van der Waals surface area contributed by atoms with Crippen LogP contribution in [-0.2, 0) is 0 Å². The Balaban J connectivity index is 2.95. The first-order valence-corrected chi connectivity index (χ1v) is 7.46. The molecule has 0 aromatic carbocycles. The summed E-state index contributed by atoms with van der Waals surface area (Å²) < 4.78 is 66.3. The van der Waals surface area contributed by atoms with Crippen LogP contribution in [0.25, 0.3) is 0 Å². The predicted octanol–water partition coefficient (Wildman–Crippen LogP) is 4.45. The molecule has 1 aliphatic rings. The van der Waals surface area contributed by atoms with E-state index in [9.17, 15) is 22.0 Å². The highest BCUT2D eigenvalue weighted by atomic mass is 19.4. The van der Waals surface area contributed by atoms with E-state index in [0.717, 1.165) is 35.5 Å². The van der Waals surface area contributed by atoms with Gasteiger partial charge in [-0.3, -0.25) is 5.01 Å². The molecule has 0 saturated heterocycles. The van der Waals surface area contributed by atoms with Gasteiger partial charge in [-0.2, -0.15) is 27.1 Å². The van der Waals surface area contributed by atoms with Gasteiger partial charge in [-0.05, 0) is 27.2 Å². The number of hydrazone groups is 1. The van der Waals surface area contributed by atoms with Crippen molar-refractivity contribution in [1.29, 1.82) is 0 Å². The number of hydrogen-bond acceptors (Lipinski definition) is 3. The first-order valence-electron chi connectivity index (χ1n) is 7.46. The van der Waals surface area contributed by atoms with E-state index in [0.29, 0.717) is 6.42 Å². The average Bonchev–Trinajstić information content (AvgIpc) is 2.77. The minimum absolute atomic E-state index is 0.0828. The Morgan fingerprint density at radius 2 is 1.59 bits per heavy atom. The van der Waals surface area contributed by atoms with Crippen molar-refractivity contribution in [3.05, 3.63) is 0 Å². The molecular formula is C14H24F5N3. The second-order valence-corrected chi connectivity index (χ2v) is 6.53. The topological polar surface area (TPSA) is 18.8 Å². The van der Waals surface area contributed by atoms with E-state index in [2.05, 4.69) is 5.10 Å². The number of alkyl halides is 5. The fourth-order valence-electron chi connectivity index (χ4n) is 2.32. The molecule has 1 aliphatic heterocycles. The smallest absolute Gasteiger partial charge is 0.329 e. The first-order chi connectivity index (χ1) is 9.93. The molecule has 22 heavy (non-hydrogen) atoms. The molecule has 0 aliphatic carbocycles. The van der Waals surface area contributed by atoms with Crippen molar-refractivity contribution in [2.24, 2.45) is 5.10 Å². The second kappa shape index (κ2) is 6.58. The largest absolute Gasteiger partial charge is 0.457 e. The maximum atomic E-state index is 14.0. The molecule has 1 rings (SSSR count). The highest BCUT2D eigenvalue weighted by Gasteiger charge is 2.67. The van der Waals surface area contributed by atoms with Crippen LogP contribution in [0.3, 0.4) is 0 Å². The molecule has 1 unspecified atom stereocenters. The molecule has 0 bridgehead atoms. The van der Waals surface area contributed by atoms with E-state index < -0.39 is 23.8 Å². The van der Waals surface area contributed by atoms with Crippen molar-refractivity contribution in [3.8, 4) is 0 Å². The van der Waals surface area contributed by atoms with Crippen LogP contribution in [0.5, 0.6) is 0 Å². The van der Waals surface area contributed by atoms with Crippen LogP contribution in [0, 0.1) is 0 Å². The van der Waals surface area contributed by atoms with Crippen molar-refractivity contribution in [2.45, 2.75) is 77.2 Å². The summed E-state index contributed by atoms with van der Waals surface area (Å²) in [7, 11) is 0. The zero-order valence-corrected chi connectivity index (χ0v) is 13.4. The average molecular weight is 329 g/mol. The highest BCUT2D eigenvalue weighted by Crippen LogP contribution is 2.44. The molecule has 1 heterocycles. The maximum Gasteiger partial charge on any atom is 0.457 e. The maximum absolute atomic E-state index is 14.0. The Hall–Kier alpha value is -1.08. The predicted molar refractivity (Wildman–Crippen MR) is 75.7 cm³/mol. The number of unbranched alkanes of at least 4 members (excludes halogenated alkanes) is 3. The van der Waals surface area contributed by atoms with Crippen LogP contribution in [0.15, 0.2) is 5.10 Å². The summed E-state index contributed by atoms with van der Waals surface area (Å²) in [6, 6.07) is 0. The molecule has 0 amide bonds. The van der Waals surface area contributed by atoms with Gasteiger partial charge in [-0.15, -0.1) is 0 Å². The molecule has 1 atom stereocenters. The molecule has 0 spiro atoms. The summed E-state index contributed by atoms with van der Waals surface area (Å²) in [6.07, 6.45) is -3.47. The SMILES string of the molecule is CCCCCCN1N=CN(C(C)(C)C)C1C(F)(F)C(F)(F)F. The van der Waals surface area contributed by atoms with E-state index in [4.69, 9.17) is 0 Å². The van der Waals surface area contributed by atoms with Gasteiger partial charge in [-0.25, -0.2) is 0 Å². The van der Waals surface area contributed by atoms with Crippen LogP contribution in [-0.4, -0.2) is 46.6 Å². The molecule has 0 N–H and O–H groups in total. The lowest BCUT2D eigenvalue weighted by atomic mass is 10.0. The molecular weight excluding hydrogens is 305 g/mol. The van der Waals surface area contributed by atoms with Gasteiger partial charge < -0.3 is 4.90 Å². The minimum Gasteiger partial charge on any atom is -0.329 e. The summed E-state index contributed by atoms with van der Waals surface area (Å²) in [5.41, 5.74) is -0.888. The van der Waals surface area contributed by atoms with Crippen molar-refractivity contribution in [2.75, 3.05) is 6.54 Å².